The van der Waals surface area contributed by atoms with Crippen LogP contribution in [0.15, 0.2) is 46.9 Å². The lowest BCUT2D eigenvalue weighted by molar-refractivity contribution is -0.141. The number of amides is 1. The SMILES string of the molecule is O=C(CNC(=O)c1ccc(Br)cc1)OCC(=O)c1ccc(Cl)c(Cl)c1. The maximum Gasteiger partial charge on any atom is 0.325 e. The number of ether oxygens (including phenoxy) is 1. The van der Waals surface area contributed by atoms with Crippen LogP contribution < -0.4 is 5.32 Å². The second-order valence-corrected chi connectivity index (χ2v) is 6.63. The van der Waals surface area contributed by atoms with Crippen LogP contribution >= 0.6 is 39.1 Å². The molecule has 0 heterocycles. The quantitative estimate of drug-likeness (QED) is 0.541. The first-order valence-electron chi connectivity index (χ1n) is 7.04. The van der Waals surface area contributed by atoms with E-state index >= 15 is 0 Å². The van der Waals surface area contributed by atoms with Crippen molar-refractivity contribution in [1.82, 2.24) is 5.32 Å². The van der Waals surface area contributed by atoms with Crippen LogP contribution in [0.3, 0.4) is 0 Å². The van der Waals surface area contributed by atoms with Gasteiger partial charge >= 0.3 is 5.97 Å². The topological polar surface area (TPSA) is 72.5 Å². The minimum absolute atomic E-state index is 0.237. The Balaban J connectivity index is 1.80. The summed E-state index contributed by atoms with van der Waals surface area (Å²) < 4.78 is 5.68. The minimum atomic E-state index is -0.723. The Kier molecular flexibility index (Phi) is 6.99. The molecule has 0 spiro atoms. The van der Waals surface area contributed by atoms with E-state index in [1.807, 2.05) is 0 Å². The van der Waals surface area contributed by atoms with Gasteiger partial charge < -0.3 is 10.1 Å². The molecular formula is C17H12BrCl2NO4. The lowest BCUT2D eigenvalue weighted by Gasteiger charge is -2.07. The first-order valence-corrected chi connectivity index (χ1v) is 8.59. The van der Waals surface area contributed by atoms with E-state index in [4.69, 9.17) is 27.9 Å². The number of benzene rings is 2. The van der Waals surface area contributed by atoms with Gasteiger partial charge in [0.15, 0.2) is 12.4 Å². The molecule has 2 rings (SSSR count). The highest BCUT2D eigenvalue weighted by molar-refractivity contribution is 9.10. The highest BCUT2D eigenvalue weighted by Crippen LogP contribution is 2.22. The normalized spacial score (nSPS) is 10.2. The molecule has 2 aromatic carbocycles. The van der Waals surface area contributed by atoms with Crippen molar-refractivity contribution in [2.75, 3.05) is 13.2 Å². The fourth-order valence-electron chi connectivity index (χ4n) is 1.81. The maximum atomic E-state index is 11.9. The van der Waals surface area contributed by atoms with Crippen molar-refractivity contribution in [2.24, 2.45) is 0 Å². The fourth-order valence-corrected chi connectivity index (χ4v) is 2.37. The van der Waals surface area contributed by atoms with Crippen LogP contribution in [0.2, 0.25) is 10.0 Å². The zero-order valence-corrected chi connectivity index (χ0v) is 15.8. The van der Waals surface area contributed by atoms with Crippen LogP contribution in [0.4, 0.5) is 0 Å². The van der Waals surface area contributed by atoms with Gasteiger partial charge in [-0.05, 0) is 42.5 Å². The molecule has 1 N–H and O–H groups in total. The zero-order valence-electron chi connectivity index (χ0n) is 12.7. The number of ketones is 1. The summed E-state index contributed by atoms with van der Waals surface area (Å²) in [6, 6.07) is 11.0. The molecule has 5 nitrogen and oxygen atoms in total. The molecule has 25 heavy (non-hydrogen) atoms. The van der Waals surface area contributed by atoms with Crippen molar-refractivity contribution < 1.29 is 19.1 Å². The summed E-state index contributed by atoms with van der Waals surface area (Å²) in [4.78, 5) is 35.4. The molecule has 130 valence electrons. The van der Waals surface area contributed by atoms with Crippen molar-refractivity contribution in [2.45, 2.75) is 0 Å². The van der Waals surface area contributed by atoms with Gasteiger partial charge in [-0.1, -0.05) is 39.1 Å². The summed E-state index contributed by atoms with van der Waals surface area (Å²) in [6.07, 6.45) is 0. The van der Waals surface area contributed by atoms with E-state index in [2.05, 4.69) is 21.2 Å². The molecule has 0 aliphatic heterocycles. The van der Waals surface area contributed by atoms with Gasteiger partial charge in [0.05, 0.1) is 10.0 Å². The number of hydrogen-bond donors (Lipinski definition) is 1. The van der Waals surface area contributed by atoms with Crippen LogP contribution in [0.1, 0.15) is 20.7 Å². The number of esters is 1. The van der Waals surface area contributed by atoms with Crippen LogP contribution in [0, 0.1) is 0 Å². The molecule has 0 aliphatic carbocycles. The summed E-state index contributed by atoms with van der Waals surface area (Å²) in [6.45, 7) is -0.797. The van der Waals surface area contributed by atoms with Crippen molar-refractivity contribution in [1.29, 1.82) is 0 Å². The predicted molar refractivity (Wildman–Crippen MR) is 98.2 cm³/mol. The number of Topliss-reactive ketones (excluding diaryl/α,β-unsaturated/α-hetero) is 1. The van der Waals surface area contributed by atoms with Crippen molar-refractivity contribution in [3.63, 3.8) is 0 Å². The Labute approximate surface area is 162 Å². The van der Waals surface area contributed by atoms with Gasteiger partial charge in [-0.2, -0.15) is 0 Å². The number of carbonyl (C=O) groups is 3. The lowest BCUT2D eigenvalue weighted by atomic mass is 10.1. The molecule has 0 atom stereocenters. The number of halogens is 3. The number of carbonyl (C=O) groups excluding carboxylic acids is 3. The minimum Gasteiger partial charge on any atom is -0.456 e. The summed E-state index contributed by atoms with van der Waals surface area (Å²) in [7, 11) is 0. The fraction of sp³-hybridized carbons (Fsp3) is 0.118. The Morgan fingerprint density at radius 1 is 0.960 bits per heavy atom. The molecule has 0 aromatic heterocycles. The smallest absolute Gasteiger partial charge is 0.325 e. The van der Waals surface area contributed by atoms with E-state index in [1.54, 1.807) is 24.3 Å². The van der Waals surface area contributed by atoms with Crippen LogP contribution in [0.5, 0.6) is 0 Å². The van der Waals surface area contributed by atoms with Crippen molar-refractivity contribution >= 4 is 56.8 Å². The van der Waals surface area contributed by atoms with E-state index < -0.39 is 24.3 Å². The first-order chi connectivity index (χ1) is 11.9. The molecule has 0 aliphatic rings. The van der Waals surface area contributed by atoms with Crippen LogP contribution in [-0.2, 0) is 9.53 Å². The van der Waals surface area contributed by atoms with Crippen molar-refractivity contribution in [3.05, 3.63) is 68.1 Å². The predicted octanol–water partition coefficient (Wildman–Crippen LogP) is 3.91. The highest BCUT2D eigenvalue weighted by Gasteiger charge is 2.13. The van der Waals surface area contributed by atoms with Crippen LogP contribution in [0.25, 0.3) is 0 Å². The summed E-state index contributed by atoms with van der Waals surface area (Å²) in [5.74, 6) is -1.56. The van der Waals surface area contributed by atoms with Gasteiger partial charge in [-0.3, -0.25) is 14.4 Å². The van der Waals surface area contributed by atoms with E-state index in [9.17, 15) is 14.4 Å². The number of hydrogen-bond acceptors (Lipinski definition) is 4. The average Bonchev–Trinajstić information content (AvgIpc) is 2.60. The van der Waals surface area contributed by atoms with Gasteiger partial charge in [0.1, 0.15) is 6.54 Å². The average molecular weight is 445 g/mol. The van der Waals surface area contributed by atoms with Crippen LogP contribution in [-0.4, -0.2) is 30.8 Å². The molecule has 1 amide bonds. The molecule has 0 unspecified atom stereocenters. The third-order valence-electron chi connectivity index (χ3n) is 3.11. The first kappa shape index (κ1) is 19.4. The molecule has 2 aromatic rings. The maximum absolute atomic E-state index is 11.9. The molecule has 0 bridgehead atoms. The Bertz CT molecular complexity index is 809. The molecular weight excluding hydrogens is 433 g/mol. The standard InChI is InChI=1S/C17H12BrCl2NO4/c18-12-4-1-10(2-5-12)17(24)21-8-16(23)25-9-15(22)11-3-6-13(19)14(20)7-11/h1-7H,8-9H2,(H,21,24). The molecule has 0 fully saturated rings. The second-order valence-electron chi connectivity index (χ2n) is 4.90. The molecule has 0 saturated heterocycles. The number of rotatable bonds is 6. The summed E-state index contributed by atoms with van der Waals surface area (Å²) >= 11 is 14.9. The molecule has 0 radical (unpaired) electrons. The zero-order chi connectivity index (χ0) is 18.4. The third kappa shape index (κ3) is 5.85. The summed E-state index contributed by atoms with van der Waals surface area (Å²) in [5.41, 5.74) is 0.684. The third-order valence-corrected chi connectivity index (χ3v) is 4.37. The van der Waals surface area contributed by atoms with Crippen molar-refractivity contribution in [3.8, 4) is 0 Å². The largest absolute Gasteiger partial charge is 0.456 e. The summed E-state index contributed by atoms with van der Waals surface area (Å²) in [5, 5.41) is 2.98. The monoisotopic (exact) mass is 443 g/mol. The lowest BCUT2D eigenvalue weighted by Crippen LogP contribution is -2.31. The van der Waals surface area contributed by atoms with E-state index in [0.717, 1.165) is 4.47 Å². The van der Waals surface area contributed by atoms with Gasteiger partial charge in [0, 0.05) is 15.6 Å². The second kappa shape index (κ2) is 8.99. The van der Waals surface area contributed by atoms with E-state index in [-0.39, 0.29) is 17.1 Å². The van der Waals surface area contributed by atoms with E-state index in [1.165, 1.54) is 18.2 Å². The highest BCUT2D eigenvalue weighted by atomic mass is 79.9. The van der Waals surface area contributed by atoms with E-state index in [0.29, 0.717) is 10.6 Å². The Morgan fingerprint density at radius 2 is 1.60 bits per heavy atom. The Hall–Kier alpha value is -1.89. The van der Waals surface area contributed by atoms with Gasteiger partial charge in [-0.25, -0.2) is 0 Å². The number of nitrogens with one attached hydrogen (secondary N) is 1. The Morgan fingerprint density at radius 3 is 2.24 bits per heavy atom. The van der Waals surface area contributed by atoms with Gasteiger partial charge in [0.25, 0.3) is 5.91 Å². The molecule has 8 heteroatoms. The molecule has 0 saturated carbocycles. The van der Waals surface area contributed by atoms with Gasteiger partial charge in [-0.15, -0.1) is 0 Å². The van der Waals surface area contributed by atoms with Gasteiger partial charge in [0.2, 0.25) is 0 Å².